The van der Waals surface area contributed by atoms with Crippen LogP contribution in [0, 0.1) is 0 Å². The van der Waals surface area contributed by atoms with E-state index in [0.29, 0.717) is 19.8 Å². The Bertz CT molecular complexity index is 404. The topological polar surface area (TPSA) is 47.9 Å². The maximum Gasteiger partial charge on any atom is 0.168 e. The fourth-order valence-corrected chi connectivity index (χ4v) is 2.98. The Morgan fingerprint density at radius 1 is 1.15 bits per heavy atom. The van der Waals surface area contributed by atoms with Crippen LogP contribution in [0.3, 0.4) is 0 Å². The van der Waals surface area contributed by atoms with Gasteiger partial charge in [0.05, 0.1) is 25.9 Å². The first-order valence-electron chi connectivity index (χ1n) is 7.40. The van der Waals surface area contributed by atoms with Gasteiger partial charge in [-0.2, -0.15) is 0 Å². The molecule has 110 valence electrons. The quantitative estimate of drug-likeness (QED) is 0.919. The van der Waals surface area contributed by atoms with Crippen molar-refractivity contribution >= 4 is 0 Å². The summed E-state index contributed by atoms with van der Waals surface area (Å²) in [6.07, 6.45) is 3.29. The molecule has 0 bridgehead atoms. The van der Waals surface area contributed by atoms with Crippen LogP contribution in [-0.4, -0.2) is 36.8 Å². The number of ether oxygens (including phenoxy) is 3. The van der Waals surface area contributed by atoms with Gasteiger partial charge in [0, 0.05) is 12.8 Å². The molecule has 20 heavy (non-hydrogen) atoms. The van der Waals surface area contributed by atoms with Crippen molar-refractivity contribution in [2.24, 2.45) is 0 Å². The highest BCUT2D eigenvalue weighted by Crippen LogP contribution is 2.36. The van der Waals surface area contributed by atoms with Crippen molar-refractivity contribution in [3.8, 4) is 0 Å². The van der Waals surface area contributed by atoms with Crippen LogP contribution in [0.15, 0.2) is 30.3 Å². The predicted molar refractivity (Wildman–Crippen MR) is 74.2 cm³/mol. The Balaban J connectivity index is 1.44. The molecule has 1 spiro atoms. The lowest BCUT2D eigenvalue weighted by atomic mass is 9.92. The van der Waals surface area contributed by atoms with Crippen LogP contribution >= 0.6 is 0 Å². The van der Waals surface area contributed by atoms with Crippen LogP contribution in [0.5, 0.6) is 0 Å². The molecule has 1 unspecified atom stereocenters. The number of hydrogen-bond acceptors (Lipinski definition) is 4. The van der Waals surface area contributed by atoms with Crippen molar-refractivity contribution in [1.82, 2.24) is 0 Å². The van der Waals surface area contributed by atoms with Gasteiger partial charge in [0.15, 0.2) is 5.79 Å². The zero-order chi connectivity index (χ0) is 13.8. The lowest BCUT2D eigenvalue weighted by molar-refractivity contribution is -0.193. The zero-order valence-electron chi connectivity index (χ0n) is 11.7. The normalized spacial score (nSPS) is 24.1. The Hall–Kier alpha value is -0.940. The highest BCUT2D eigenvalue weighted by atomic mass is 16.7. The van der Waals surface area contributed by atoms with Gasteiger partial charge in [0.2, 0.25) is 0 Å². The first-order valence-corrected chi connectivity index (χ1v) is 7.40. The third-order valence-corrected chi connectivity index (χ3v) is 4.18. The lowest BCUT2D eigenvalue weighted by Gasteiger charge is -2.35. The predicted octanol–water partition coefficient (Wildman–Crippen LogP) is 2.42. The summed E-state index contributed by atoms with van der Waals surface area (Å²) in [6, 6.07) is 9.64. The van der Waals surface area contributed by atoms with E-state index in [1.54, 1.807) is 0 Å². The molecule has 2 aliphatic rings. The molecule has 0 aromatic heterocycles. The van der Waals surface area contributed by atoms with Gasteiger partial charge in [-0.15, -0.1) is 0 Å². The van der Waals surface area contributed by atoms with Crippen LogP contribution in [0.4, 0.5) is 0 Å². The molecular weight excluding hydrogens is 256 g/mol. The third kappa shape index (κ3) is 3.20. The number of hydrogen-bond donors (Lipinski definition) is 1. The van der Waals surface area contributed by atoms with E-state index < -0.39 is 6.10 Å². The average Bonchev–Trinajstić information content (AvgIpc) is 2.96. The highest BCUT2D eigenvalue weighted by Gasteiger charge is 2.40. The van der Waals surface area contributed by atoms with Crippen molar-refractivity contribution in [3.63, 3.8) is 0 Å². The fourth-order valence-electron chi connectivity index (χ4n) is 2.98. The van der Waals surface area contributed by atoms with E-state index in [-0.39, 0.29) is 11.9 Å². The second kappa shape index (κ2) is 6.22. The van der Waals surface area contributed by atoms with Crippen LogP contribution in [0.1, 0.15) is 37.4 Å². The zero-order valence-corrected chi connectivity index (χ0v) is 11.7. The molecule has 4 nitrogen and oxygen atoms in total. The van der Waals surface area contributed by atoms with Crippen molar-refractivity contribution in [3.05, 3.63) is 35.9 Å². The van der Waals surface area contributed by atoms with Gasteiger partial charge >= 0.3 is 0 Å². The van der Waals surface area contributed by atoms with E-state index in [4.69, 9.17) is 14.2 Å². The van der Waals surface area contributed by atoms with Crippen LogP contribution in [-0.2, 0) is 14.2 Å². The Labute approximate surface area is 119 Å². The van der Waals surface area contributed by atoms with E-state index in [2.05, 4.69) is 0 Å². The first-order chi connectivity index (χ1) is 9.77. The van der Waals surface area contributed by atoms with Gasteiger partial charge in [-0.25, -0.2) is 0 Å². The van der Waals surface area contributed by atoms with Gasteiger partial charge in [-0.3, -0.25) is 0 Å². The summed E-state index contributed by atoms with van der Waals surface area (Å²) in [6.45, 7) is 1.76. The summed E-state index contributed by atoms with van der Waals surface area (Å²) in [5, 5.41) is 10.1. The minimum absolute atomic E-state index is 0.201. The summed E-state index contributed by atoms with van der Waals surface area (Å²) in [5.74, 6) is -0.335. The minimum atomic E-state index is -0.550. The van der Waals surface area contributed by atoms with Crippen molar-refractivity contribution in [2.75, 3.05) is 19.8 Å². The molecule has 1 saturated carbocycles. The molecule has 2 fully saturated rings. The van der Waals surface area contributed by atoms with Crippen molar-refractivity contribution in [2.45, 2.75) is 43.7 Å². The third-order valence-electron chi connectivity index (χ3n) is 4.18. The van der Waals surface area contributed by atoms with E-state index in [9.17, 15) is 5.11 Å². The molecule has 1 aromatic carbocycles. The fraction of sp³-hybridized carbons (Fsp3) is 0.625. The Morgan fingerprint density at radius 2 is 1.80 bits per heavy atom. The lowest BCUT2D eigenvalue weighted by Crippen LogP contribution is -2.37. The summed E-state index contributed by atoms with van der Waals surface area (Å²) in [7, 11) is 0. The minimum Gasteiger partial charge on any atom is -0.386 e. The second-order valence-electron chi connectivity index (χ2n) is 5.57. The SMILES string of the molecule is OC(COC1CCC2(CC1)OCCO2)c1ccccc1. The maximum atomic E-state index is 10.1. The highest BCUT2D eigenvalue weighted by molar-refractivity contribution is 5.17. The van der Waals surface area contributed by atoms with Crippen LogP contribution in [0.2, 0.25) is 0 Å². The Kier molecular flexibility index (Phi) is 4.36. The molecule has 4 heteroatoms. The number of aliphatic hydroxyl groups is 1. The van der Waals surface area contributed by atoms with E-state index in [0.717, 1.165) is 31.2 Å². The van der Waals surface area contributed by atoms with Gasteiger partial charge < -0.3 is 19.3 Å². The van der Waals surface area contributed by atoms with E-state index >= 15 is 0 Å². The summed E-state index contributed by atoms with van der Waals surface area (Å²) in [4.78, 5) is 0. The molecule has 1 aliphatic heterocycles. The molecule has 1 saturated heterocycles. The second-order valence-corrected chi connectivity index (χ2v) is 5.57. The van der Waals surface area contributed by atoms with Gasteiger partial charge in [-0.1, -0.05) is 30.3 Å². The molecule has 1 aromatic rings. The maximum absolute atomic E-state index is 10.1. The monoisotopic (exact) mass is 278 g/mol. The molecule has 1 aliphatic carbocycles. The molecular formula is C16H22O4. The number of benzene rings is 1. The Morgan fingerprint density at radius 3 is 2.45 bits per heavy atom. The summed E-state index contributed by atoms with van der Waals surface area (Å²) < 4.78 is 17.2. The molecule has 1 heterocycles. The molecule has 1 N–H and O–H groups in total. The van der Waals surface area contributed by atoms with E-state index in [1.807, 2.05) is 30.3 Å². The van der Waals surface area contributed by atoms with Gasteiger partial charge in [0.1, 0.15) is 6.10 Å². The molecule has 0 amide bonds. The van der Waals surface area contributed by atoms with E-state index in [1.165, 1.54) is 0 Å². The van der Waals surface area contributed by atoms with Crippen LogP contribution in [0.25, 0.3) is 0 Å². The summed E-state index contributed by atoms with van der Waals surface area (Å²) >= 11 is 0. The first kappa shape index (κ1) is 14.0. The summed E-state index contributed by atoms with van der Waals surface area (Å²) in [5.41, 5.74) is 0.905. The average molecular weight is 278 g/mol. The largest absolute Gasteiger partial charge is 0.386 e. The van der Waals surface area contributed by atoms with Crippen molar-refractivity contribution in [1.29, 1.82) is 0 Å². The molecule has 3 rings (SSSR count). The molecule has 1 atom stereocenters. The molecule has 0 radical (unpaired) electrons. The van der Waals surface area contributed by atoms with Gasteiger partial charge in [0.25, 0.3) is 0 Å². The van der Waals surface area contributed by atoms with Crippen LogP contribution < -0.4 is 0 Å². The number of aliphatic hydroxyl groups excluding tert-OH is 1. The van der Waals surface area contributed by atoms with Crippen molar-refractivity contribution < 1.29 is 19.3 Å². The standard InChI is InChI=1S/C16H22O4/c17-15(13-4-2-1-3-5-13)12-18-14-6-8-16(9-7-14)19-10-11-20-16/h1-5,14-15,17H,6-12H2. The van der Waals surface area contributed by atoms with Gasteiger partial charge in [-0.05, 0) is 18.4 Å². The number of rotatable bonds is 4. The smallest absolute Gasteiger partial charge is 0.168 e.